The van der Waals surface area contributed by atoms with Crippen LogP contribution in [0.3, 0.4) is 0 Å². The third-order valence-corrected chi connectivity index (χ3v) is 3.36. The molecule has 4 N–H and O–H groups in total. The lowest BCUT2D eigenvalue weighted by Crippen LogP contribution is -2.47. The fraction of sp³-hybridized carbons (Fsp3) is 0.667. The molecule has 19 heavy (non-hydrogen) atoms. The molecular weight excluding hydrogens is 246 g/mol. The van der Waals surface area contributed by atoms with Crippen LogP contribution < -0.4 is 11.1 Å². The van der Waals surface area contributed by atoms with E-state index >= 15 is 0 Å². The number of nitrogens with two attached hydrogens (primary N) is 1. The SMILES string of the molecule is CCN1CCOC(CNC(=O)c2c(N)n[nH]c2C)C1. The molecule has 1 aliphatic heterocycles. The lowest BCUT2D eigenvalue weighted by atomic mass is 10.2. The first-order valence-electron chi connectivity index (χ1n) is 6.54. The number of aromatic nitrogens is 2. The molecule has 1 fully saturated rings. The Labute approximate surface area is 112 Å². The summed E-state index contributed by atoms with van der Waals surface area (Å²) < 4.78 is 5.63. The molecule has 1 aliphatic rings. The molecular formula is C12H21N5O2. The number of morpholine rings is 1. The van der Waals surface area contributed by atoms with Gasteiger partial charge in [0.25, 0.3) is 5.91 Å². The third-order valence-electron chi connectivity index (χ3n) is 3.36. The van der Waals surface area contributed by atoms with Crippen LogP contribution in [0.15, 0.2) is 0 Å². The number of nitrogen functional groups attached to an aromatic ring is 1. The van der Waals surface area contributed by atoms with Gasteiger partial charge in [-0.2, -0.15) is 5.10 Å². The van der Waals surface area contributed by atoms with E-state index in [1.165, 1.54) is 0 Å². The van der Waals surface area contributed by atoms with E-state index in [1.54, 1.807) is 6.92 Å². The second kappa shape index (κ2) is 6.03. The molecule has 1 aromatic rings. The Balaban J connectivity index is 1.87. The monoisotopic (exact) mass is 267 g/mol. The van der Waals surface area contributed by atoms with Gasteiger partial charge in [0.1, 0.15) is 5.56 Å². The molecule has 0 saturated carbocycles. The number of likely N-dealkylation sites (N-methyl/N-ethyl adjacent to an activating group) is 1. The molecule has 1 saturated heterocycles. The Kier molecular flexibility index (Phi) is 4.39. The normalized spacial score (nSPS) is 20.4. The topological polar surface area (TPSA) is 96.3 Å². The summed E-state index contributed by atoms with van der Waals surface area (Å²) in [6.07, 6.45) is 0.0334. The van der Waals surface area contributed by atoms with Gasteiger partial charge in [0.2, 0.25) is 0 Å². The summed E-state index contributed by atoms with van der Waals surface area (Å²) in [4.78, 5) is 14.3. The zero-order valence-corrected chi connectivity index (χ0v) is 11.4. The van der Waals surface area contributed by atoms with Gasteiger partial charge in [-0.25, -0.2) is 0 Å². The largest absolute Gasteiger partial charge is 0.382 e. The van der Waals surface area contributed by atoms with E-state index in [2.05, 4.69) is 27.3 Å². The highest BCUT2D eigenvalue weighted by atomic mass is 16.5. The van der Waals surface area contributed by atoms with Gasteiger partial charge in [-0.1, -0.05) is 6.92 Å². The molecule has 0 spiro atoms. The molecule has 7 heteroatoms. The Morgan fingerprint density at radius 3 is 3.11 bits per heavy atom. The molecule has 1 unspecified atom stereocenters. The average molecular weight is 267 g/mol. The number of nitrogens with zero attached hydrogens (tertiary/aromatic N) is 2. The summed E-state index contributed by atoms with van der Waals surface area (Å²) in [6.45, 7) is 7.89. The van der Waals surface area contributed by atoms with Gasteiger partial charge in [0.15, 0.2) is 5.82 Å². The smallest absolute Gasteiger partial charge is 0.257 e. The van der Waals surface area contributed by atoms with Crippen molar-refractivity contribution >= 4 is 11.7 Å². The van der Waals surface area contributed by atoms with Crippen LogP contribution in [0.4, 0.5) is 5.82 Å². The summed E-state index contributed by atoms with van der Waals surface area (Å²) in [7, 11) is 0. The second-order valence-corrected chi connectivity index (χ2v) is 4.70. The molecule has 1 atom stereocenters. The number of carbonyl (C=O) groups excluding carboxylic acids is 1. The second-order valence-electron chi connectivity index (χ2n) is 4.70. The average Bonchev–Trinajstić information content (AvgIpc) is 2.76. The molecule has 1 amide bonds. The van der Waals surface area contributed by atoms with E-state index in [4.69, 9.17) is 10.5 Å². The van der Waals surface area contributed by atoms with Crippen molar-refractivity contribution < 1.29 is 9.53 Å². The lowest BCUT2D eigenvalue weighted by Gasteiger charge is -2.32. The van der Waals surface area contributed by atoms with Crippen LogP contribution in [0.25, 0.3) is 0 Å². The highest BCUT2D eigenvalue weighted by Crippen LogP contribution is 2.12. The number of anilines is 1. The van der Waals surface area contributed by atoms with Gasteiger partial charge in [0, 0.05) is 25.3 Å². The number of amides is 1. The molecule has 106 valence electrons. The van der Waals surface area contributed by atoms with Crippen LogP contribution in [0, 0.1) is 6.92 Å². The van der Waals surface area contributed by atoms with Crippen molar-refractivity contribution in [3.63, 3.8) is 0 Å². The van der Waals surface area contributed by atoms with Gasteiger partial charge < -0.3 is 15.8 Å². The van der Waals surface area contributed by atoms with Crippen LogP contribution in [0.5, 0.6) is 0 Å². The number of nitrogens with one attached hydrogen (secondary N) is 2. The number of aromatic amines is 1. The van der Waals surface area contributed by atoms with Crippen molar-refractivity contribution in [2.24, 2.45) is 0 Å². The van der Waals surface area contributed by atoms with Crippen LogP contribution >= 0.6 is 0 Å². The summed E-state index contributed by atoms with van der Waals surface area (Å²) in [5.41, 5.74) is 6.75. The summed E-state index contributed by atoms with van der Waals surface area (Å²) in [5.74, 6) is 0.0238. The van der Waals surface area contributed by atoms with Crippen molar-refractivity contribution in [1.82, 2.24) is 20.4 Å². The first-order valence-corrected chi connectivity index (χ1v) is 6.54. The van der Waals surface area contributed by atoms with Crippen LogP contribution in [-0.2, 0) is 4.74 Å². The van der Waals surface area contributed by atoms with Gasteiger partial charge in [0.05, 0.1) is 12.7 Å². The fourth-order valence-electron chi connectivity index (χ4n) is 2.22. The maximum absolute atomic E-state index is 12.0. The zero-order chi connectivity index (χ0) is 13.8. The Bertz CT molecular complexity index is 426. The first kappa shape index (κ1) is 13.8. The van der Waals surface area contributed by atoms with Crippen LogP contribution in [-0.4, -0.2) is 59.9 Å². The van der Waals surface area contributed by atoms with Crippen molar-refractivity contribution in [1.29, 1.82) is 0 Å². The molecule has 2 heterocycles. The highest BCUT2D eigenvalue weighted by molar-refractivity contribution is 5.99. The quantitative estimate of drug-likeness (QED) is 0.699. The molecule has 0 bridgehead atoms. The Morgan fingerprint density at radius 2 is 2.47 bits per heavy atom. The molecule has 0 radical (unpaired) electrons. The standard InChI is InChI=1S/C12H21N5O2/c1-3-17-4-5-19-9(7-17)6-14-12(18)10-8(2)15-16-11(10)13/h9H,3-7H2,1-2H3,(H,14,18)(H3,13,15,16). The van der Waals surface area contributed by atoms with Crippen molar-refractivity contribution in [3.05, 3.63) is 11.3 Å². The van der Waals surface area contributed by atoms with E-state index in [0.717, 1.165) is 19.6 Å². The number of rotatable bonds is 4. The van der Waals surface area contributed by atoms with Gasteiger partial charge in [-0.15, -0.1) is 0 Å². The number of carbonyl (C=O) groups is 1. The van der Waals surface area contributed by atoms with Gasteiger partial charge in [-0.3, -0.25) is 14.8 Å². The number of ether oxygens (including phenoxy) is 1. The minimum absolute atomic E-state index is 0.0334. The molecule has 1 aromatic heterocycles. The van der Waals surface area contributed by atoms with Crippen molar-refractivity contribution in [2.45, 2.75) is 20.0 Å². The molecule has 0 aromatic carbocycles. The predicted octanol–water partition coefficient (Wildman–Crippen LogP) is -0.249. The molecule has 2 rings (SSSR count). The Morgan fingerprint density at radius 1 is 1.68 bits per heavy atom. The Hall–Kier alpha value is -1.60. The minimum Gasteiger partial charge on any atom is -0.382 e. The maximum atomic E-state index is 12.0. The van der Waals surface area contributed by atoms with E-state index in [9.17, 15) is 4.79 Å². The van der Waals surface area contributed by atoms with E-state index in [-0.39, 0.29) is 17.8 Å². The van der Waals surface area contributed by atoms with Crippen molar-refractivity contribution in [2.75, 3.05) is 38.5 Å². The summed E-state index contributed by atoms with van der Waals surface area (Å²) in [5, 5.41) is 9.36. The van der Waals surface area contributed by atoms with E-state index in [1.807, 2.05) is 0 Å². The number of H-pyrrole nitrogens is 1. The number of hydrogen-bond acceptors (Lipinski definition) is 5. The number of aryl methyl sites for hydroxylation is 1. The minimum atomic E-state index is -0.207. The summed E-state index contributed by atoms with van der Waals surface area (Å²) >= 11 is 0. The predicted molar refractivity (Wildman–Crippen MR) is 71.9 cm³/mol. The maximum Gasteiger partial charge on any atom is 0.257 e. The third kappa shape index (κ3) is 3.24. The van der Waals surface area contributed by atoms with E-state index < -0.39 is 0 Å². The van der Waals surface area contributed by atoms with E-state index in [0.29, 0.717) is 24.4 Å². The number of hydrogen-bond donors (Lipinski definition) is 3. The van der Waals surface area contributed by atoms with Crippen LogP contribution in [0.1, 0.15) is 23.0 Å². The highest BCUT2D eigenvalue weighted by Gasteiger charge is 2.21. The van der Waals surface area contributed by atoms with Crippen molar-refractivity contribution in [3.8, 4) is 0 Å². The fourth-order valence-corrected chi connectivity index (χ4v) is 2.22. The molecule has 0 aliphatic carbocycles. The zero-order valence-electron chi connectivity index (χ0n) is 11.4. The summed E-state index contributed by atoms with van der Waals surface area (Å²) in [6, 6.07) is 0. The molecule has 7 nitrogen and oxygen atoms in total. The van der Waals surface area contributed by atoms with Crippen LogP contribution in [0.2, 0.25) is 0 Å². The van der Waals surface area contributed by atoms with Gasteiger partial charge in [-0.05, 0) is 13.5 Å². The lowest BCUT2D eigenvalue weighted by molar-refractivity contribution is -0.0246. The van der Waals surface area contributed by atoms with Gasteiger partial charge >= 0.3 is 0 Å². The first-order chi connectivity index (χ1) is 9.11.